The van der Waals surface area contributed by atoms with Crippen LogP contribution in [0.5, 0.6) is 0 Å². The highest BCUT2D eigenvalue weighted by Gasteiger charge is 2.08. The maximum Gasteiger partial charge on any atom is 0.325 e. The molecule has 0 radical (unpaired) electrons. The molecule has 0 saturated carbocycles. The van der Waals surface area contributed by atoms with Gasteiger partial charge >= 0.3 is 12.5 Å². The predicted octanol–water partition coefficient (Wildman–Crippen LogP) is -2.69. The van der Waals surface area contributed by atoms with Crippen molar-refractivity contribution in [1.82, 2.24) is 0 Å². The molecule has 7 heteroatoms. The molecule has 0 spiro atoms. The van der Waals surface area contributed by atoms with E-state index >= 15 is 0 Å². The van der Waals surface area contributed by atoms with Gasteiger partial charge in [-0.15, -0.1) is 10.2 Å². The Morgan fingerprint density at radius 3 is 2.53 bits per heavy atom. The first kappa shape index (κ1) is 11.9. The summed E-state index contributed by atoms with van der Waals surface area (Å²) < 4.78 is 44.0. The fourth-order valence-corrected chi connectivity index (χ4v) is 0.948. The lowest BCUT2D eigenvalue weighted by atomic mass is 10.1. The molecule has 0 N–H and O–H groups in total. The average molecular weight is 235 g/mol. The maximum absolute atomic E-state index is 8.49. The summed E-state index contributed by atoms with van der Waals surface area (Å²) in [7, 11) is -4.94. The van der Waals surface area contributed by atoms with Crippen LogP contribution in [0.4, 0.5) is 0 Å². The maximum atomic E-state index is 8.49. The molecule has 0 atom stereocenters. The van der Waals surface area contributed by atoms with Crippen molar-refractivity contribution in [2.75, 3.05) is 0 Å². The Labute approximate surface area is 87.4 Å². The van der Waals surface area contributed by atoms with E-state index in [1.54, 1.807) is 18.8 Å². The SMILES string of the molecule is C1=Cc2cc[o+]cc2CO1.[O-][Cl+3]([O-])([O-])[O-]. The first-order valence-electron chi connectivity index (χ1n) is 3.75. The first-order chi connectivity index (χ1) is 6.97. The number of fused-ring (bicyclic) bond motifs is 1. The van der Waals surface area contributed by atoms with Gasteiger partial charge in [-0.05, 0) is 6.08 Å². The van der Waals surface area contributed by atoms with Crippen molar-refractivity contribution < 1.29 is 38.0 Å². The highest BCUT2D eigenvalue weighted by molar-refractivity contribution is 5.52. The van der Waals surface area contributed by atoms with E-state index in [0.717, 1.165) is 5.56 Å². The molecule has 0 bridgehead atoms. The molecule has 15 heavy (non-hydrogen) atoms. The van der Waals surface area contributed by atoms with E-state index in [0.29, 0.717) is 6.61 Å². The fourth-order valence-electron chi connectivity index (χ4n) is 0.948. The number of hydrogen-bond acceptors (Lipinski definition) is 5. The van der Waals surface area contributed by atoms with Crippen molar-refractivity contribution >= 4 is 6.08 Å². The molecule has 1 aliphatic heterocycles. The van der Waals surface area contributed by atoms with Crippen LogP contribution in [0.3, 0.4) is 0 Å². The standard InChI is InChI=1S/C8H7O2.ClHO4/c1-3-9-5-8-6-10-4-2-7(1)8;2-1(3,4)5/h1-5H,6H2;(H,2,3,4,5)/q+1;/p-1. The molecule has 0 fully saturated rings. The van der Waals surface area contributed by atoms with Gasteiger partial charge in [0.25, 0.3) is 0 Å². The van der Waals surface area contributed by atoms with E-state index in [1.165, 1.54) is 5.56 Å². The lowest BCUT2D eigenvalue weighted by Crippen LogP contribution is -2.68. The zero-order valence-electron chi connectivity index (χ0n) is 7.42. The molecule has 1 aromatic rings. The highest BCUT2D eigenvalue weighted by Crippen LogP contribution is 2.15. The molecule has 1 aromatic heterocycles. The lowest BCUT2D eigenvalue weighted by molar-refractivity contribution is -2.00. The molecule has 2 rings (SSSR count). The summed E-state index contributed by atoms with van der Waals surface area (Å²) in [6, 6.07) is 1.92. The largest absolute Gasteiger partial charge is 0.496 e. The quantitative estimate of drug-likeness (QED) is 0.452. The van der Waals surface area contributed by atoms with Crippen LogP contribution in [0.15, 0.2) is 29.3 Å². The summed E-state index contributed by atoms with van der Waals surface area (Å²) in [5.74, 6) is 0. The van der Waals surface area contributed by atoms with Crippen LogP contribution >= 0.6 is 0 Å². The van der Waals surface area contributed by atoms with Crippen molar-refractivity contribution in [3.63, 3.8) is 0 Å². The molecular weight excluding hydrogens is 228 g/mol. The van der Waals surface area contributed by atoms with Gasteiger partial charge in [0.15, 0.2) is 0 Å². The van der Waals surface area contributed by atoms with Gasteiger partial charge in [-0.2, -0.15) is 0 Å². The van der Waals surface area contributed by atoms with Crippen LogP contribution in [-0.4, -0.2) is 0 Å². The second-order valence-electron chi connectivity index (χ2n) is 2.53. The van der Waals surface area contributed by atoms with Crippen molar-refractivity contribution in [2.24, 2.45) is 0 Å². The van der Waals surface area contributed by atoms with Crippen LogP contribution in [0.1, 0.15) is 11.1 Å². The van der Waals surface area contributed by atoms with Crippen molar-refractivity contribution in [3.05, 3.63) is 36.0 Å². The Kier molecular flexibility index (Phi) is 4.01. The molecule has 82 valence electrons. The molecule has 0 amide bonds. The zero-order chi connectivity index (χ0) is 11.3. The fraction of sp³-hybridized carbons (Fsp3) is 0.125. The predicted molar refractivity (Wildman–Crippen MR) is 36.9 cm³/mol. The van der Waals surface area contributed by atoms with Crippen molar-refractivity contribution in [3.8, 4) is 0 Å². The minimum atomic E-state index is -4.94. The second kappa shape index (κ2) is 5.06. The summed E-state index contributed by atoms with van der Waals surface area (Å²) in [5.41, 5.74) is 2.28. The van der Waals surface area contributed by atoms with Crippen LogP contribution in [0.2, 0.25) is 0 Å². The summed E-state index contributed by atoms with van der Waals surface area (Å²) in [6.07, 6.45) is 6.99. The normalized spacial score (nSPS) is 13.3. The summed E-state index contributed by atoms with van der Waals surface area (Å²) in [6.45, 7) is 0.621. The monoisotopic (exact) mass is 234 g/mol. The minimum Gasteiger partial charge on any atom is -0.496 e. The van der Waals surface area contributed by atoms with E-state index in [-0.39, 0.29) is 0 Å². The molecule has 0 aromatic carbocycles. The number of hydrogen-bond donors (Lipinski definition) is 0. The molecule has 2 heterocycles. The molecule has 6 nitrogen and oxygen atoms in total. The minimum absolute atomic E-state index is 0.621. The van der Waals surface area contributed by atoms with Gasteiger partial charge in [0.2, 0.25) is 0 Å². The molecule has 0 aliphatic carbocycles. The Hall–Kier alpha value is -1.18. The number of ether oxygens (including phenoxy) is 1. The summed E-state index contributed by atoms with van der Waals surface area (Å²) >= 11 is 0. The van der Waals surface area contributed by atoms with Gasteiger partial charge in [0, 0.05) is 11.6 Å². The Bertz CT molecular complexity index is 339. The second-order valence-corrected chi connectivity index (χ2v) is 3.28. The molecule has 0 saturated heterocycles. The van der Waals surface area contributed by atoms with E-state index in [9.17, 15) is 0 Å². The topological polar surface area (TPSA) is 113 Å². The van der Waals surface area contributed by atoms with Gasteiger partial charge in [0.05, 0.1) is 11.8 Å². The van der Waals surface area contributed by atoms with Crippen LogP contribution in [0.25, 0.3) is 6.08 Å². The van der Waals surface area contributed by atoms with Crippen molar-refractivity contribution in [2.45, 2.75) is 6.61 Å². The van der Waals surface area contributed by atoms with Gasteiger partial charge in [-0.1, -0.05) is 0 Å². The van der Waals surface area contributed by atoms with E-state index in [1.807, 2.05) is 12.1 Å². The Morgan fingerprint density at radius 1 is 1.27 bits per heavy atom. The number of rotatable bonds is 0. The molecule has 1 aliphatic rings. The van der Waals surface area contributed by atoms with Gasteiger partial charge < -0.3 is 4.74 Å². The van der Waals surface area contributed by atoms with Gasteiger partial charge in [-0.3, -0.25) is 0 Å². The first-order valence-corrected chi connectivity index (χ1v) is 4.98. The van der Waals surface area contributed by atoms with E-state index < -0.39 is 10.2 Å². The third-order valence-corrected chi connectivity index (χ3v) is 1.49. The summed E-state index contributed by atoms with van der Waals surface area (Å²) in [5, 5.41) is 0. The average Bonchev–Trinajstić information content (AvgIpc) is 2.16. The zero-order valence-corrected chi connectivity index (χ0v) is 8.18. The van der Waals surface area contributed by atoms with Crippen LogP contribution in [-0.2, 0) is 11.3 Å². The van der Waals surface area contributed by atoms with E-state index in [2.05, 4.69) is 0 Å². The smallest absolute Gasteiger partial charge is 0.325 e. The molecular formula is C8H7ClO6. The van der Waals surface area contributed by atoms with Gasteiger partial charge in [0.1, 0.15) is 6.61 Å². The van der Waals surface area contributed by atoms with Crippen LogP contribution < -0.4 is 18.6 Å². The van der Waals surface area contributed by atoms with Gasteiger partial charge in [-0.25, -0.2) is 23.1 Å². The Balaban J connectivity index is 0.000000195. The molecule has 0 unspecified atom stereocenters. The third-order valence-electron chi connectivity index (χ3n) is 1.49. The van der Waals surface area contributed by atoms with E-state index in [4.69, 9.17) is 27.8 Å². The number of halogens is 1. The van der Waals surface area contributed by atoms with Crippen molar-refractivity contribution in [1.29, 1.82) is 0 Å². The van der Waals surface area contributed by atoms with Crippen LogP contribution in [0, 0.1) is 10.2 Å². The summed E-state index contributed by atoms with van der Waals surface area (Å²) in [4.78, 5) is 0. The Morgan fingerprint density at radius 2 is 1.93 bits per heavy atom. The highest BCUT2D eigenvalue weighted by atomic mass is 35.7. The third kappa shape index (κ3) is 5.31. The lowest BCUT2D eigenvalue weighted by Gasteiger charge is -2.17.